The molecule has 0 saturated heterocycles. The summed E-state index contributed by atoms with van der Waals surface area (Å²) in [6, 6.07) is 5.13. The number of carbonyl (C=O) groups excluding carboxylic acids is 1. The Balaban J connectivity index is 1.89. The molecule has 3 N–H and O–H groups in total. The largest absolute Gasteiger partial charge is 0.485 e. The zero-order valence-corrected chi connectivity index (χ0v) is 18.2. The molecule has 2 heterocycles. The summed E-state index contributed by atoms with van der Waals surface area (Å²) in [5.74, 6) is -1.89. The molecule has 2 aromatic heterocycles. The molecule has 0 aliphatic carbocycles. The minimum Gasteiger partial charge on any atom is -0.485 e. The number of aromatic nitrogens is 2. The standard InChI is InChI=1S/C22H23F3N4O4/c1-12-7-17(33-9-14-15(24)5-4-6-16(14)25)19-27-13(2)18(29(19)8-12)20(30)26-11-22(3,10-23)28-21(31)32/h4-8,28H,9-11H2,1-3H3,(H,26,30)(H,31,32). The van der Waals surface area contributed by atoms with E-state index in [-0.39, 0.29) is 35.8 Å². The number of ether oxygens (including phenoxy) is 1. The lowest BCUT2D eigenvalue weighted by atomic mass is 10.1. The van der Waals surface area contributed by atoms with Crippen LogP contribution in [0.4, 0.5) is 18.0 Å². The van der Waals surface area contributed by atoms with Crippen LogP contribution >= 0.6 is 0 Å². The highest BCUT2D eigenvalue weighted by molar-refractivity contribution is 5.95. The van der Waals surface area contributed by atoms with E-state index in [4.69, 9.17) is 9.84 Å². The van der Waals surface area contributed by atoms with Gasteiger partial charge in [-0.05, 0) is 44.5 Å². The second-order valence-electron chi connectivity index (χ2n) is 7.92. The highest BCUT2D eigenvalue weighted by Crippen LogP contribution is 2.26. The molecule has 3 aromatic rings. The van der Waals surface area contributed by atoms with E-state index in [1.54, 1.807) is 26.1 Å². The van der Waals surface area contributed by atoms with Gasteiger partial charge >= 0.3 is 6.09 Å². The fraction of sp³-hybridized carbons (Fsp3) is 0.318. The number of imidazole rings is 1. The van der Waals surface area contributed by atoms with Crippen molar-refractivity contribution in [1.29, 1.82) is 0 Å². The molecule has 11 heteroatoms. The van der Waals surface area contributed by atoms with Crippen molar-refractivity contribution in [3.8, 4) is 5.75 Å². The first-order chi connectivity index (χ1) is 15.5. The van der Waals surface area contributed by atoms with Crippen LogP contribution in [0, 0.1) is 25.5 Å². The van der Waals surface area contributed by atoms with Gasteiger partial charge in [-0.1, -0.05) is 6.07 Å². The van der Waals surface area contributed by atoms with Gasteiger partial charge in [0.25, 0.3) is 5.91 Å². The van der Waals surface area contributed by atoms with Crippen LogP contribution in [0.1, 0.15) is 34.2 Å². The normalized spacial score (nSPS) is 12.9. The SMILES string of the molecule is Cc1cc(OCc2c(F)cccc2F)c2nc(C)c(C(=O)NCC(C)(CF)NC(=O)O)n2c1. The predicted octanol–water partition coefficient (Wildman–Crippen LogP) is 3.53. The van der Waals surface area contributed by atoms with Gasteiger partial charge in [0, 0.05) is 12.7 Å². The van der Waals surface area contributed by atoms with E-state index >= 15 is 0 Å². The summed E-state index contributed by atoms with van der Waals surface area (Å²) in [6.45, 7) is 2.92. The number of halogens is 3. The first kappa shape index (κ1) is 23.9. The Kier molecular flexibility index (Phi) is 6.80. The number of aryl methyl sites for hydroxylation is 2. The summed E-state index contributed by atoms with van der Waals surface area (Å²) in [5, 5.41) is 13.4. The number of carbonyl (C=O) groups is 2. The van der Waals surface area contributed by atoms with Crippen LogP contribution in [0.25, 0.3) is 5.65 Å². The van der Waals surface area contributed by atoms with Crippen LogP contribution in [-0.4, -0.2) is 45.2 Å². The molecule has 3 rings (SSSR count). The molecule has 0 saturated carbocycles. The molecular weight excluding hydrogens is 441 g/mol. The van der Waals surface area contributed by atoms with Gasteiger partial charge in [-0.3, -0.25) is 9.20 Å². The van der Waals surface area contributed by atoms with Crippen LogP contribution in [-0.2, 0) is 6.61 Å². The van der Waals surface area contributed by atoms with Crippen LogP contribution in [0.5, 0.6) is 5.75 Å². The van der Waals surface area contributed by atoms with E-state index in [0.717, 1.165) is 12.1 Å². The number of pyridine rings is 1. The smallest absolute Gasteiger partial charge is 0.405 e. The summed E-state index contributed by atoms with van der Waals surface area (Å²) in [7, 11) is 0. The number of nitrogens with zero attached hydrogens (tertiary/aromatic N) is 2. The summed E-state index contributed by atoms with van der Waals surface area (Å²) >= 11 is 0. The second kappa shape index (κ2) is 9.39. The van der Waals surface area contributed by atoms with Gasteiger partial charge in [0.05, 0.1) is 16.8 Å². The maximum absolute atomic E-state index is 13.9. The maximum atomic E-state index is 13.9. The molecule has 0 bridgehead atoms. The van der Waals surface area contributed by atoms with Crippen molar-refractivity contribution in [3.63, 3.8) is 0 Å². The molecule has 1 atom stereocenters. The van der Waals surface area contributed by atoms with E-state index in [9.17, 15) is 22.8 Å². The van der Waals surface area contributed by atoms with Crippen molar-refractivity contribution >= 4 is 17.6 Å². The zero-order valence-electron chi connectivity index (χ0n) is 18.2. The lowest BCUT2D eigenvalue weighted by Crippen LogP contribution is -2.55. The summed E-state index contributed by atoms with van der Waals surface area (Å²) in [5.41, 5.74) is -0.365. The first-order valence-corrected chi connectivity index (χ1v) is 9.95. The number of alkyl halides is 1. The molecule has 1 aromatic carbocycles. The minimum absolute atomic E-state index is 0.132. The fourth-order valence-electron chi connectivity index (χ4n) is 3.30. The summed E-state index contributed by atoms with van der Waals surface area (Å²) in [4.78, 5) is 28.1. The van der Waals surface area contributed by atoms with Gasteiger partial charge < -0.3 is 20.5 Å². The number of hydrogen-bond acceptors (Lipinski definition) is 4. The Morgan fingerprint density at radius 1 is 1.24 bits per heavy atom. The molecular formula is C22H23F3N4O4. The van der Waals surface area contributed by atoms with E-state index < -0.39 is 35.8 Å². The number of rotatable bonds is 8. The average Bonchev–Trinajstić information content (AvgIpc) is 3.07. The molecule has 1 unspecified atom stereocenters. The minimum atomic E-state index is -1.51. The highest BCUT2D eigenvalue weighted by atomic mass is 19.1. The van der Waals surface area contributed by atoms with Gasteiger partial charge in [0.1, 0.15) is 30.6 Å². The summed E-state index contributed by atoms with van der Waals surface area (Å²) < 4.78 is 48.4. The number of benzene rings is 1. The quantitative estimate of drug-likeness (QED) is 0.473. The van der Waals surface area contributed by atoms with Crippen LogP contribution < -0.4 is 15.4 Å². The van der Waals surface area contributed by atoms with E-state index in [1.165, 1.54) is 17.4 Å². The molecule has 33 heavy (non-hydrogen) atoms. The summed E-state index contributed by atoms with van der Waals surface area (Å²) in [6.07, 6.45) is 0.212. The molecule has 8 nitrogen and oxygen atoms in total. The van der Waals surface area contributed by atoms with Crippen molar-refractivity contribution in [2.75, 3.05) is 13.2 Å². The molecule has 0 spiro atoms. The van der Waals surface area contributed by atoms with E-state index in [0.29, 0.717) is 11.3 Å². The van der Waals surface area contributed by atoms with Crippen molar-refractivity contribution < 1.29 is 32.6 Å². The third-order valence-corrected chi connectivity index (χ3v) is 4.99. The van der Waals surface area contributed by atoms with E-state index in [2.05, 4.69) is 10.3 Å². The molecule has 2 amide bonds. The fourth-order valence-corrected chi connectivity index (χ4v) is 3.30. The van der Waals surface area contributed by atoms with Gasteiger partial charge in [-0.25, -0.2) is 22.9 Å². The zero-order chi connectivity index (χ0) is 24.3. The van der Waals surface area contributed by atoms with Crippen molar-refractivity contribution in [2.24, 2.45) is 0 Å². The third-order valence-electron chi connectivity index (χ3n) is 4.99. The third kappa shape index (κ3) is 5.18. The molecule has 0 fully saturated rings. The Morgan fingerprint density at radius 3 is 2.52 bits per heavy atom. The Morgan fingerprint density at radius 2 is 1.91 bits per heavy atom. The molecule has 0 aliphatic heterocycles. The Hall–Kier alpha value is -3.76. The lowest BCUT2D eigenvalue weighted by molar-refractivity contribution is 0.0926. The molecule has 0 radical (unpaired) electrons. The number of hydrogen-bond donors (Lipinski definition) is 3. The monoisotopic (exact) mass is 464 g/mol. The average molecular weight is 464 g/mol. The first-order valence-electron chi connectivity index (χ1n) is 9.95. The number of carboxylic acid groups (broad SMARTS) is 1. The van der Waals surface area contributed by atoms with Crippen molar-refractivity contribution in [1.82, 2.24) is 20.0 Å². The van der Waals surface area contributed by atoms with Crippen molar-refractivity contribution in [3.05, 3.63) is 64.6 Å². The lowest BCUT2D eigenvalue weighted by Gasteiger charge is -2.26. The number of amides is 2. The number of nitrogens with one attached hydrogen (secondary N) is 2. The van der Waals surface area contributed by atoms with Crippen LogP contribution in [0.3, 0.4) is 0 Å². The Bertz CT molecular complexity index is 1190. The van der Waals surface area contributed by atoms with Gasteiger partial charge in [-0.2, -0.15) is 0 Å². The topological polar surface area (TPSA) is 105 Å². The second-order valence-corrected chi connectivity index (χ2v) is 7.92. The predicted molar refractivity (Wildman–Crippen MR) is 113 cm³/mol. The van der Waals surface area contributed by atoms with Crippen LogP contribution in [0.2, 0.25) is 0 Å². The van der Waals surface area contributed by atoms with Crippen molar-refractivity contribution in [2.45, 2.75) is 32.9 Å². The van der Waals surface area contributed by atoms with Gasteiger partial charge in [0.15, 0.2) is 11.4 Å². The highest BCUT2D eigenvalue weighted by Gasteiger charge is 2.28. The van der Waals surface area contributed by atoms with Gasteiger partial charge in [0.2, 0.25) is 0 Å². The Labute approximate surface area is 187 Å². The molecule has 0 aliphatic rings. The number of fused-ring (bicyclic) bond motifs is 1. The van der Waals surface area contributed by atoms with Crippen LogP contribution in [0.15, 0.2) is 30.5 Å². The van der Waals surface area contributed by atoms with E-state index in [1.807, 2.05) is 5.32 Å². The maximum Gasteiger partial charge on any atom is 0.405 e. The van der Waals surface area contributed by atoms with Gasteiger partial charge in [-0.15, -0.1) is 0 Å². The molecule has 176 valence electrons.